The van der Waals surface area contributed by atoms with E-state index in [2.05, 4.69) is 5.32 Å². The molecule has 0 saturated carbocycles. The van der Waals surface area contributed by atoms with Crippen LogP contribution in [-0.2, 0) is 10.9 Å². The van der Waals surface area contributed by atoms with Gasteiger partial charge in [0.15, 0.2) is 0 Å². The van der Waals surface area contributed by atoms with E-state index >= 15 is 0 Å². The quantitative estimate of drug-likeness (QED) is 0.876. The van der Waals surface area contributed by atoms with Crippen LogP contribution >= 0.6 is 0 Å². The van der Waals surface area contributed by atoms with E-state index in [0.717, 1.165) is 30.7 Å². The number of halogens is 3. The molecule has 106 valence electrons. The van der Waals surface area contributed by atoms with Gasteiger partial charge in [-0.25, -0.2) is 0 Å². The van der Waals surface area contributed by atoms with E-state index in [1.54, 1.807) is 0 Å². The molecule has 0 spiro atoms. The lowest BCUT2D eigenvalue weighted by molar-refractivity contribution is -0.137. The zero-order chi connectivity index (χ0) is 14.1. The third-order valence-corrected chi connectivity index (χ3v) is 3.28. The topological polar surface area (TPSA) is 21.3 Å². The third-order valence-electron chi connectivity index (χ3n) is 3.28. The van der Waals surface area contributed by atoms with Crippen LogP contribution in [0.3, 0.4) is 0 Å². The van der Waals surface area contributed by atoms with Gasteiger partial charge in [0.1, 0.15) is 0 Å². The van der Waals surface area contributed by atoms with E-state index in [0.29, 0.717) is 6.61 Å². The van der Waals surface area contributed by atoms with Crippen LogP contribution in [0.25, 0.3) is 0 Å². The second kappa shape index (κ2) is 5.04. The summed E-state index contributed by atoms with van der Waals surface area (Å²) in [7, 11) is 0. The van der Waals surface area contributed by atoms with E-state index < -0.39 is 11.7 Å². The molecule has 0 amide bonds. The van der Waals surface area contributed by atoms with Gasteiger partial charge in [-0.05, 0) is 51.0 Å². The van der Waals surface area contributed by atoms with E-state index in [9.17, 15) is 13.2 Å². The van der Waals surface area contributed by atoms with Crippen molar-refractivity contribution < 1.29 is 17.9 Å². The fourth-order valence-electron chi connectivity index (χ4n) is 2.35. The first-order valence-corrected chi connectivity index (χ1v) is 6.34. The first-order valence-electron chi connectivity index (χ1n) is 6.34. The van der Waals surface area contributed by atoms with Gasteiger partial charge in [0.25, 0.3) is 0 Å². The van der Waals surface area contributed by atoms with Gasteiger partial charge < -0.3 is 10.1 Å². The SMILES string of the molecule is CC1(C)CC(Nc2ccc(C(F)(F)F)cc2)CCO1. The Morgan fingerprint density at radius 3 is 2.37 bits per heavy atom. The van der Waals surface area contributed by atoms with Crippen LogP contribution in [0.4, 0.5) is 18.9 Å². The van der Waals surface area contributed by atoms with Gasteiger partial charge in [0, 0.05) is 18.3 Å². The molecule has 1 saturated heterocycles. The molecule has 0 radical (unpaired) electrons. The first-order chi connectivity index (χ1) is 8.76. The number of ether oxygens (including phenoxy) is 1. The Kier molecular flexibility index (Phi) is 3.76. The zero-order valence-electron chi connectivity index (χ0n) is 11.1. The number of hydrogen-bond donors (Lipinski definition) is 1. The number of hydrogen-bond acceptors (Lipinski definition) is 2. The van der Waals surface area contributed by atoms with Gasteiger partial charge in [-0.2, -0.15) is 13.2 Å². The summed E-state index contributed by atoms with van der Waals surface area (Å²) in [6, 6.07) is 5.40. The Balaban J connectivity index is 2.00. The van der Waals surface area contributed by atoms with E-state index in [1.807, 2.05) is 13.8 Å². The average Bonchev–Trinajstić information content (AvgIpc) is 2.27. The Morgan fingerprint density at radius 2 is 1.84 bits per heavy atom. The van der Waals surface area contributed by atoms with Crippen LogP contribution in [0.1, 0.15) is 32.3 Å². The molecular formula is C14H18F3NO. The monoisotopic (exact) mass is 273 g/mol. The van der Waals surface area contributed by atoms with Crippen molar-refractivity contribution in [2.24, 2.45) is 0 Å². The lowest BCUT2D eigenvalue weighted by Crippen LogP contribution is -2.40. The van der Waals surface area contributed by atoms with Crippen molar-refractivity contribution in [2.75, 3.05) is 11.9 Å². The highest BCUT2D eigenvalue weighted by molar-refractivity contribution is 5.46. The highest BCUT2D eigenvalue weighted by Gasteiger charge is 2.31. The number of anilines is 1. The molecule has 0 aliphatic carbocycles. The summed E-state index contributed by atoms with van der Waals surface area (Å²) in [6.07, 6.45) is -2.57. The molecule has 0 bridgehead atoms. The Hall–Kier alpha value is -1.23. The fourth-order valence-corrected chi connectivity index (χ4v) is 2.35. The van der Waals surface area contributed by atoms with E-state index in [-0.39, 0.29) is 11.6 Å². The van der Waals surface area contributed by atoms with E-state index in [1.165, 1.54) is 12.1 Å². The molecule has 0 aromatic heterocycles. The lowest BCUT2D eigenvalue weighted by atomic mass is 9.94. The van der Waals surface area contributed by atoms with Crippen molar-refractivity contribution in [3.8, 4) is 0 Å². The number of benzene rings is 1. The highest BCUT2D eigenvalue weighted by atomic mass is 19.4. The Bertz CT molecular complexity index is 425. The van der Waals surface area contributed by atoms with Crippen molar-refractivity contribution >= 4 is 5.69 Å². The molecule has 1 heterocycles. The maximum absolute atomic E-state index is 12.4. The Morgan fingerprint density at radius 1 is 1.21 bits per heavy atom. The van der Waals surface area contributed by atoms with E-state index in [4.69, 9.17) is 4.74 Å². The van der Waals surface area contributed by atoms with Crippen molar-refractivity contribution in [3.63, 3.8) is 0 Å². The summed E-state index contributed by atoms with van der Waals surface area (Å²) < 4.78 is 42.9. The predicted molar refractivity (Wildman–Crippen MR) is 68.1 cm³/mol. The van der Waals surface area contributed by atoms with Gasteiger partial charge in [0.2, 0.25) is 0 Å². The fraction of sp³-hybridized carbons (Fsp3) is 0.571. The summed E-state index contributed by atoms with van der Waals surface area (Å²) in [4.78, 5) is 0. The molecule has 1 unspecified atom stereocenters. The smallest absolute Gasteiger partial charge is 0.382 e. The Labute approximate surface area is 111 Å². The number of nitrogens with one attached hydrogen (secondary N) is 1. The summed E-state index contributed by atoms with van der Waals surface area (Å²) in [5.41, 5.74) is -0.0805. The highest BCUT2D eigenvalue weighted by Crippen LogP contribution is 2.31. The molecular weight excluding hydrogens is 255 g/mol. The minimum atomic E-state index is -4.28. The predicted octanol–water partition coefficient (Wildman–Crippen LogP) is 4.07. The second-order valence-electron chi connectivity index (χ2n) is 5.52. The van der Waals surface area contributed by atoms with Gasteiger partial charge in [0.05, 0.1) is 11.2 Å². The minimum absolute atomic E-state index is 0.179. The standard InChI is InChI=1S/C14H18F3NO/c1-13(2)9-12(7-8-19-13)18-11-5-3-10(4-6-11)14(15,16)17/h3-6,12,18H,7-9H2,1-2H3. The molecule has 1 aliphatic rings. The van der Waals surface area contributed by atoms with Gasteiger partial charge >= 0.3 is 6.18 Å². The number of alkyl halides is 3. The molecule has 1 fully saturated rings. The molecule has 1 atom stereocenters. The van der Waals surface area contributed by atoms with Crippen LogP contribution in [0.2, 0.25) is 0 Å². The first kappa shape index (κ1) is 14.2. The average molecular weight is 273 g/mol. The molecule has 1 N–H and O–H groups in total. The third kappa shape index (κ3) is 3.86. The molecule has 19 heavy (non-hydrogen) atoms. The summed E-state index contributed by atoms with van der Waals surface area (Å²) in [6.45, 7) is 4.71. The summed E-state index contributed by atoms with van der Waals surface area (Å²) in [5, 5.41) is 3.27. The van der Waals surface area contributed by atoms with Crippen molar-refractivity contribution in [2.45, 2.75) is 44.5 Å². The summed E-state index contributed by atoms with van der Waals surface area (Å²) >= 11 is 0. The zero-order valence-corrected chi connectivity index (χ0v) is 11.1. The maximum Gasteiger partial charge on any atom is 0.416 e. The van der Waals surface area contributed by atoms with Crippen molar-refractivity contribution in [1.82, 2.24) is 0 Å². The van der Waals surface area contributed by atoms with Gasteiger partial charge in [-0.3, -0.25) is 0 Å². The lowest BCUT2D eigenvalue weighted by Gasteiger charge is -2.36. The molecule has 1 aromatic carbocycles. The second-order valence-corrected chi connectivity index (χ2v) is 5.52. The number of rotatable bonds is 2. The molecule has 1 aliphatic heterocycles. The van der Waals surface area contributed by atoms with Gasteiger partial charge in [-0.1, -0.05) is 0 Å². The normalized spacial score (nSPS) is 23.1. The van der Waals surface area contributed by atoms with Crippen molar-refractivity contribution in [3.05, 3.63) is 29.8 Å². The van der Waals surface area contributed by atoms with Crippen LogP contribution in [0, 0.1) is 0 Å². The summed E-state index contributed by atoms with van der Waals surface area (Å²) in [5.74, 6) is 0. The molecule has 2 nitrogen and oxygen atoms in total. The van der Waals surface area contributed by atoms with Crippen LogP contribution in [-0.4, -0.2) is 18.2 Å². The minimum Gasteiger partial charge on any atom is -0.382 e. The largest absolute Gasteiger partial charge is 0.416 e. The van der Waals surface area contributed by atoms with Crippen LogP contribution in [0.15, 0.2) is 24.3 Å². The molecule has 2 rings (SSSR count). The van der Waals surface area contributed by atoms with Crippen LogP contribution in [0.5, 0.6) is 0 Å². The molecule has 1 aromatic rings. The molecule has 5 heteroatoms. The maximum atomic E-state index is 12.4. The van der Waals surface area contributed by atoms with Crippen LogP contribution < -0.4 is 5.32 Å². The van der Waals surface area contributed by atoms with Crippen molar-refractivity contribution in [1.29, 1.82) is 0 Å². The van der Waals surface area contributed by atoms with Gasteiger partial charge in [-0.15, -0.1) is 0 Å².